The first-order chi connectivity index (χ1) is 9.88. The number of ether oxygens (including phenoxy) is 1. The molecular weight excluding hydrogens is 246 g/mol. The lowest BCUT2D eigenvalue weighted by Gasteiger charge is -2.32. The minimum Gasteiger partial charge on any atom is -0.383 e. The molecule has 2 aromatic carbocycles. The summed E-state index contributed by atoms with van der Waals surface area (Å²) in [5, 5.41) is 3.65. The lowest BCUT2D eigenvalue weighted by Crippen LogP contribution is -2.33. The molecule has 3 rings (SSSR count). The summed E-state index contributed by atoms with van der Waals surface area (Å²) >= 11 is 0. The first-order valence-corrected chi connectivity index (χ1v) is 7.23. The average Bonchev–Trinajstić information content (AvgIpc) is 2.48. The Morgan fingerprint density at radius 3 is 2.60 bits per heavy atom. The molecular formula is C18H21NO. The van der Waals surface area contributed by atoms with Crippen molar-refractivity contribution in [2.24, 2.45) is 0 Å². The molecule has 1 aliphatic rings. The molecule has 0 spiro atoms. The Labute approximate surface area is 120 Å². The van der Waals surface area contributed by atoms with Crippen LogP contribution in [0.4, 0.5) is 0 Å². The second-order valence-corrected chi connectivity index (χ2v) is 5.43. The van der Waals surface area contributed by atoms with E-state index in [1.165, 1.54) is 23.1 Å². The van der Waals surface area contributed by atoms with Gasteiger partial charge >= 0.3 is 0 Å². The summed E-state index contributed by atoms with van der Waals surface area (Å²) in [6, 6.07) is 19.5. The third-order valence-corrected chi connectivity index (χ3v) is 4.11. The van der Waals surface area contributed by atoms with Gasteiger partial charge in [0.1, 0.15) is 0 Å². The molecule has 104 valence electrons. The number of benzene rings is 2. The van der Waals surface area contributed by atoms with Crippen LogP contribution < -0.4 is 5.32 Å². The van der Waals surface area contributed by atoms with Crippen LogP contribution in [0.2, 0.25) is 0 Å². The van der Waals surface area contributed by atoms with E-state index in [-0.39, 0.29) is 6.04 Å². The number of nitrogens with one attached hydrogen (secondary N) is 1. The van der Waals surface area contributed by atoms with Crippen molar-refractivity contribution in [3.63, 3.8) is 0 Å². The maximum Gasteiger partial charge on any atom is 0.0657 e. The standard InChI is InChI=1S/C18H21NO/c1-20-13-18(14-7-3-2-4-8-14)19-12-16-11-15-9-5-6-10-17(15)16/h2-10,16,18-19H,11-13H2,1H3. The monoisotopic (exact) mass is 267 g/mol. The van der Waals surface area contributed by atoms with Crippen LogP contribution in [0.5, 0.6) is 0 Å². The normalized spacial score (nSPS) is 18.1. The molecule has 2 aromatic rings. The van der Waals surface area contributed by atoms with Crippen LogP contribution in [0.1, 0.15) is 28.7 Å². The SMILES string of the molecule is COCC(NCC1Cc2ccccc21)c1ccccc1. The molecule has 0 saturated carbocycles. The summed E-state index contributed by atoms with van der Waals surface area (Å²) in [5.41, 5.74) is 4.30. The average molecular weight is 267 g/mol. The Kier molecular flexibility index (Phi) is 4.14. The molecule has 2 heteroatoms. The van der Waals surface area contributed by atoms with E-state index < -0.39 is 0 Å². The predicted molar refractivity (Wildman–Crippen MR) is 81.9 cm³/mol. The fourth-order valence-electron chi connectivity index (χ4n) is 2.95. The lowest BCUT2D eigenvalue weighted by molar-refractivity contribution is 0.165. The number of fused-ring (bicyclic) bond motifs is 1. The molecule has 2 nitrogen and oxygen atoms in total. The van der Waals surface area contributed by atoms with Gasteiger partial charge in [0.15, 0.2) is 0 Å². The van der Waals surface area contributed by atoms with Gasteiger partial charge in [-0.2, -0.15) is 0 Å². The van der Waals surface area contributed by atoms with Crippen molar-refractivity contribution in [2.75, 3.05) is 20.3 Å². The smallest absolute Gasteiger partial charge is 0.0657 e. The lowest BCUT2D eigenvalue weighted by atomic mass is 9.77. The van der Waals surface area contributed by atoms with E-state index in [0.29, 0.717) is 12.5 Å². The van der Waals surface area contributed by atoms with Gasteiger partial charge in [-0.15, -0.1) is 0 Å². The van der Waals surface area contributed by atoms with Gasteiger partial charge in [0.2, 0.25) is 0 Å². The van der Waals surface area contributed by atoms with E-state index in [0.717, 1.165) is 6.54 Å². The Morgan fingerprint density at radius 1 is 1.10 bits per heavy atom. The highest BCUT2D eigenvalue weighted by Crippen LogP contribution is 2.34. The van der Waals surface area contributed by atoms with Crippen molar-refractivity contribution in [1.29, 1.82) is 0 Å². The van der Waals surface area contributed by atoms with E-state index >= 15 is 0 Å². The third-order valence-electron chi connectivity index (χ3n) is 4.11. The summed E-state index contributed by atoms with van der Waals surface area (Å²) < 4.78 is 5.35. The number of hydrogen-bond acceptors (Lipinski definition) is 2. The Balaban J connectivity index is 1.62. The van der Waals surface area contributed by atoms with Crippen LogP contribution >= 0.6 is 0 Å². The Morgan fingerprint density at radius 2 is 1.85 bits per heavy atom. The molecule has 0 saturated heterocycles. The summed E-state index contributed by atoms with van der Waals surface area (Å²) in [7, 11) is 1.76. The molecule has 2 atom stereocenters. The van der Waals surface area contributed by atoms with Crippen molar-refractivity contribution in [3.05, 3.63) is 71.3 Å². The van der Waals surface area contributed by atoms with E-state index in [1.807, 2.05) is 0 Å². The fourth-order valence-corrected chi connectivity index (χ4v) is 2.95. The summed E-state index contributed by atoms with van der Waals surface area (Å²) in [5.74, 6) is 0.647. The van der Waals surface area contributed by atoms with Crippen molar-refractivity contribution >= 4 is 0 Å². The van der Waals surface area contributed by atoms with Gasteiger partial charge in [-0.1, -0.05) is 54.6 Å². The first kappa shape index (κ1) is 13.3. The molecule has 0 amide bonds. The van der Waals surface area contributed by atoms with E-state index in [4.69, 9.17) is 4.74 Å². The van der Waals surface area contributed by atoms with Crippen LogP contribution in [0.15, 0.2) is 54.6 Å². The summed E-state index contributed by atoms with van der Waals surface area (Å²) in [6.45, 7) is 1.72. The van der Waals surface area contributed by atoms with Crippen LogP contribution in [0.3, 0.4) is 0 Å². The first-order valence-electron chi connectivity index (χ1n) is 7.23. The highest BCUT2D eigenvalue weighted by molar-refractivity contribution is 5.40. The number of rotatable bonds is 6. The van der Waals surface area contributed by atoms with Gasteiger partial charge in [-0.05, 0) is 23.1 Å². The van der Waals surface area contributed by atoms with Crippen molar-refractivity contribution < 1.29 is 4.74 Å². The zero-order valence-electron chi connectivity index (χ0n) is 11.9. The highest BCUT2D eigenvalue weighted by Gasteiger charge is 2.25. The predicted octanol–water partition coefficient (Wildman–Crippen LogP) is 3.30. The number of methoxy groups -OCH3 is 1. The van der Waals surface area contributed by atoms with Gasteiger partial charge in [0.05, 0.1) is 12.6 Å². The Hall–Kier alpha value is -1.64. The Bertz CT molecular complexity index is 552. The summed E-state index contributed by atoms with van der Waals surface area (Å²) in [4.78, 5) is 0. The van der Waals surface area contributed by atoms with Crippen LogP contribution in [0, 0.1) is 0 Å². The minimum atomic E-state index is 0.272. The second-order valence-electron chi connectivity index (χ2n) is 5.43. The number of hydrogen-bond donors (Lipinski definition) is 1. The molecule has 0 radical (unpaired) electrons. The van der Waals surface area contributed by atoms with Crippen LogP contribution in [-0.2, 0) is 11.2 Å². The zero-order valence-corrected chi connectivity index (χ0v) is 11.9. The van der Waals surface area contributed by atoms with Crippen molar-refractivity contribution in [1.82, 2.24) is 5.32 Å². The minimum absolute atomic E-state index is 0.272. The van der Waals surface area contributed by atoms with Gasteiger partial charge < -0.3 is 10.1 Å². The van der Waals surface area contributed by atoms with Gasteiger partial charge in [0.25, 0.3) is 0 Å². The molecule has 0 fully saturated rings. The molecule has 20 heavy (non-hydrogen) atoms. The van der Waals surface area contributed by atoms with Crippen LogP contribution in [-0.4, -0.2) is 20.3 Å². The largest absolute Gasteiger partial charge is 0.383 e. The quantitative estimate of drug-likeness (QED) is 0.867. The van der Waals surface area contributed by atoms with Gasteiger partial charge in [-0.3, -0.25) is 0 Å². The molecule has 0 heterocycles. The summed E-state index contributed by atoms with van der Waals surface area (Å²) in [6.07, 6.45) is 1.19. The zero-order chi connectivity index (χ0) is 13.8. The molecule has 1 N–H and O–H groups in total. The van der Waals surface area contributed by atoms with Crippen LogP contribution in [0.25, 0.3) is 0 Å². The molecule has 0 aromatic heterocycles. The van der Waals surface area contributed by atoms with Crippen molar-refractivity contribution in [2.45, 2.75) is 18.4 Å². The highest BCUT2D eigenvalue weighted by atomic mass is 16.5. The second kappa shape index (κ2) is 6.21. The maximum absolute atomic E-state index is 5.35. The van der Waals surface area contributed by atoms with E-state index in [2.05, 4.69) is 59.9 Å². The molecule has 2 unspecified atom stereocenters. The van der Waals surface area contributed by atoms with Gasteiger partial charge in [0, 0.05) is 19.6 Å². The third kappa shape index (κ3) is 2.77. The fraction of sp³-hybridized carbons (Fsp3) is 0.333. The topological polar surface area (TPSA) is 21.3 Å². The van der Waals surface area contributed by atoms with E-state index in [1.54, 1.807) is 7.11 Å². The van der Waals surface area contributed by atoms with Crippen molar-refractivity contribution in [3.8, 4) is 0 Å². The maximum atomic E-state index is 5.35. The van der Waals surface area contributed by atoms with E-state index in [9.17, 15) is 0 Å². The molecule has 0 bridgehead atoms. The molecule has 1 aliphatic carbocycles. The molecule has 0 aliphatic heterocycles. The van der Waals surface area contributed by atoms with Gasteiger partial charge in [-0.25, -0.2) is 0 Å².